The van der Waals surface area contributed by atoms with Crippen LogP contribution in [0.5, 0.6) is 0 Å². The first-order valence-electron chi connectivity index (χ1n) is 7.51. The van der Waals surface area contributed by atoms with Crippen LogP contribution in [0, 0.1) is 0 Å². The number of β-lactam (4-membered cyclic amide) rings is 1. The fourth-order valence-corrected chi connectivity index (χ4v) is 4.39. The molecular weight excluding hydrogens is 423 g/mol. The molecule has 9 nitrogen and oxygen atoms in total. The van der Waals surface area contributed by atoms with Gasteiger partial charge in [0, 0.05) is 5.75 Å². The van der Waals surface area contributed by atoms with Crippen molar-refractivity contribution in [2.45, 2.75) is 18.5 Å². The van der Waals surface area contributed by atoms with Gasteiger partial charge in [0.05, 0.1) is 25.3 Å². The summed E-state index contributed by atoms with van der Waals surface area (Å²) in [5.74, 6) is -2.07. The number of carbonyl (C=O) groups is 3. The molecule has 1 heterocycles. The Labute approximate surface area is 203 Å². The Kier molecular flexibility index (Phi) is 9.92. The molecular formula is C15H17KN2O7S2. The Morgan fingerprint density at radius 1 is 1.30 bits per heavy atom. The van der Waals surface area contributed by atoms with E-state index in [2.05, 4.69) is 10.1 Å². The van der Waals surface area contributed by atoms with Gasteiger partial charge in [-0.05, 0) is 5.56 Å². The Balaban J connectivity index is 0.00000364. The second-order valence-electron chi connectivity index (χ2n) is 5.46. The van der Waals surface area contributed by atoms with Crippen LogP contribution >= 0.6 is 11.8 Å². The Hall–Kier alpha value is -0.474. The summed E-state index contributed by atoms with van der Waals surface area (Å²) in [6, 6.07) is 6.62. The van der Waals surface area contributed by atoms with Crippen molar-refractivity contribution in [3.05, 3.63) is 35.9 Å². The average molecular weight is 441 g/mol. The number of nitrogens with zero attached hydrogens (tertiary/aromatic N) is 1. The molecule has 1 aliphatic rings. The number of rotatable bonds is 8. The van der Waals surface area contributed by atoms with Gasteiger partial charge in [0.2, 0.25) is 5.91 Å². The van der Waals surface area contributed by atoms with Crippen molar-refractivity contribution < 1.29 is 83.5 Å². The summed E-state index contributed by atoms with van der Waals surface area (Å²) in [5.41, 5.74) is 0.724. The van der Waals surface area contributed by atoms with Crippen molar-refractivity contribution >= 4 is 39.8 Å². The van der Waals surface area contributed by atoms with Crippen molar-refractivity contribution in [3.63, 3.8) is 0 Å². The summed E-state index contributed by atoms with van der Waals surface area (Å²) in [6.07, 6.45) is 0.0107. The number of carbonyl (C=O) groups excluding carboxylic acids is 3. The van der Waals surface area contributed by atoms with E-state index in [-0.39, 0.29) is 73.6 Å². The molecule has 1 aliphatic heterocycles. The summed E-state index contributed by atoms with van der Waals surface area (Å²) in [4.78, 5) is 35.2. The van der Waals surface area contributed by atoms with E-state index >= 15 is 0 Å². The predicted molar refractivity (Wildman–Crippen MR) is 91.7 cm³/mol. The first kappa shape index (κ1) is 24.6. The number of thioether (sulfide) groups is 1. The minimum atomic E-state index is -5.00. The van der Waals surface area contributed by atoms with E-state index in [1.165, 1.54) is 7.11 Å². The van der Waals surface area contributed by atoms with Crippen LogP contribution in [0.1, 0.15) is 5.56 Å². The molecule has 2 rings (SSSR count). The number of amides is 2. The van der Waals surface area contributed by atoms with E-state index in [1.807, 2.05) is 0 Å². The van der Waals surface area contributed by atoms with Crippen molar-refractivity contribution in [3.8, 4) is 0 Å². The largest absolute Gasteiger partial charge is 1.00 e. The first-order valence-corrected chi connectivity index (χ1v) is 10.0. The van der Waals surface area contributed by atoms with E-state index in [9.17, 15) is 27.4 Å². The quantitative estimate of drug-likeness (QED) is 0.189. The fourth-order valence-electron chi connectivity index (χ4n) is 2.44. The van der Waals surface area contributed by atoms with Crippen LogP contribution in [0.3, 0.4) is 0 Å². The van der Waals surface area contributed by atoms with Gasteiger partial charge in [-0.2, -0.15) is 0 Å². The minimum absolute atomic E-state index is 0. The van der Waals surface area contributed by atoms with Crippen LogP contribution in [0.15, 0.2) is 30.3 Å². The average Bonchev–Trinajstić information content (AvgIpc) is 2.58. The molecule has 0 radical (unpaired) electrons. The van der Waals surface area contributed by atoms with Crippen LogP contribution in [0.4, 0.5) is 0 Å². The molecule has 0 saturated carbocycles. The summed E-state index contributed by atoms with van der Waals surface area (Å²) in [5, 5.41) is 2.46. The maximum absolute atomic E-state index is 12.1. The number of hydrogen-bond acceptors (Lipinski definition) is 8. The number of hydrogen-bond donors (Lipinski definition) is 1. The van der Waals surface area contributed by atoms with Crippen LogP contribution in [0.25, 0.3) is 0 Å². The first-order chi connectivity index (χ1) is 12.2. The van der Waals surface area contributed by atoms with Gasteiger partial charge in [0.1, 0.15) is 6.04 Å². The van der Waals surface area contributed by atoms with E-state index < -0.39 is 40.2 Å². The third-order valence-corrected chi connectivity index (χ3v) is 5.62. The summed E-state index contributed by atoms with van der Waals surface area (Å²) in [7, 11) is -3.79. The van der Waals surface area contributed by atoms with Crippen molar-refractivity contribution in [1.29, 1.82) is 0 Å². The maximum atomic E-state index is 12.1. The van der Waals surface area contributed by atoms with Crippen LogP contribution in [-0.2, 0) is 35.8 Å². The third-order valence-electron chi connectivity index (χ3n) is 3.67. The molecule has 0 bridgehead atoms. The zero-order chi connectivity index (χ0) is 19.3. The standard InChI is InChI=1S/C15H18N2O7S2.K/c1-24-13(19)9-25-8-11-14(15(20)17(11)26(21,22)23)16-12(18)7-10-5-3-2-4-6-10;/h2-6,11,14H,7-9H2,1H3,(H,16,18)(H,21,22,23);/q;+1/p-1. The SMILES string of the molecule is COC(=O)CSCC1C(NC(=O)Cc2ccccc2)C(=O)N1S(=O)(=O)[O-].[K+]. The fraction of sp³-hybridized carbons (Fsp3) is 0.400. The topological polar surface area (TPSA) is 133 Å². The molecule has 12 heteroatoms. The number of ether oxygens (including phenoxy) is 1. The molecule has 0 aromatic heterocycles. The molecule has 1 N–H and O–H groups in total. The van der Waals surface area contributed by atoms with Gasteiger partial charge in [-0.1, -0.05) is 30.3 Å². The number of benzene rings is 1. The molecule has 0 spiro atoms. The molecule has 0 aliphatic carbocycles. The van der Waals surface area contributed by atoms with Gasteiger partial charge in [0.15, 0.2) is 10.3 Å². The number of methoxy groups -OCH3 is 1. The minimum Gasteiger partial charge on any atom is -0.731 e. The summed E-state index contributed by atoms with van der Waals surface area (Å²) in [6.45, 7) is 0. The van der Waals surface area contributed by atoms with Crippen molar-refractivity contribution in [1.82, 2.24) is 9.62 Å². The van der Waals surface area contributed by atoms with Crippen LogP contribution < -0.4 is 56.7 Å². The molecule has 2 atom stereocenters. The molecule has 1 aromatic carbocycles. The summed E-state index contributed by atoms with van der Waals surface area (Å²) >= 11 is 1.00. The zero-order valence-corrected chi connectivity index (χ0v) is 19.5. The zero-order valence-electron chi connectivity index (χ0n) is 14.8. The molecule has 142 valence electrons. The number of esters is 1. The molecule has 1 saturated heterocycles. The van der Waals surface area contributed by atoms with E-state index in [0.717, 1.165) is 17.3 Å². The van der Waals surface area contributed by atoms with Crippen LogP contribution in [-0.4, -0.2) is 65.8 Å². The Morgan fingerprint density at radius 2 is 1.93 bits per heavy atom. The van der Waals surface area contributed by atoms with E-state index in [4.69, 9.17) is 0 Å². The smallest absolute Gasteiger partial charge is 0.731 e. The van der Waals surface area contributed by atoms with E-state index in [1.54, 1.807) is 30.3 Å². The third kappa shape index (κ3) is 6.82. The second-order valence-corrected chi connectivity index (χ2v) is 7.74. The Bertz CT molecular complexity index is 789. The molecule has 2 unspecified atom stereocenters. The Morgan fingerprint density at radius 3 is 2.48 bits per heavy atom. The predicted octanol–water partition coefficient (Wildman–Crippen LogP) is -3.70. The molecule has 27 heavy (non-hydrogen) atoms. The van der Waals surface area contributed by atoms with Gasteiger partial charge < -0.3 is 14.6 Å². The molecule has 2 amide bonds. The van der Waals surface area contributed by atoms with Gasteiger partial charge in [-0.15, -0.1) is 11.8 Å². The van der Waals surface area contributed by atoms with Gasteiger partial charge in [-0.25, -0.2) is 12.7 Å². The van der Waals surface area contributed by atoms with Crippen molar-refractivity contribution in [2.24, 2.45) is 0 Å². The summed E-state index contributed by atoms with van der Waals surface area (Å²) < 4.78 is 38.4. The van der Waals surface area contributed by atoms with Crippen molar-refractivity contribution in [2.75, 3.05) is 18.6 Å². The molecule has 1 aromatic rings. The maximum Gasteiger partial charge on any atom is 1.00 e. The normalized spacial score (nSPS) is 18.9. The number of nitrogens with one attached hydrogen (secondary N) is 1. The van der Waals surface area contributed by atoms with E-state index in [0.29, 0.717) is 0 Å². The van der Waals surface area contributed by atoms with Gasteiger partial charge in [0.25, 0.3) is 5.91 Å². The monoisotopic (exact) mass is 440 g/mol. The molecule has 1 fully saturated rings. The van der Waals surface area contributed by atoms with Crippen LogP contribution in [0.2, 0.25) is 0 Å². The second kappa shape index (κ2) is 10.9. The van der Waals surface area contributed by atoms with Gasteiger partial charge in [-0.3, -0.25) is 14.4 Å². The van der Waals surface area contributed by atoms with Gasteiger partial charge >= 0.3 is 57.4 Å².